The number of hydrogen-bond acceptors (Lipinski definition) is 4. The van der Waals surface area contributed by atoms with E-state index in [1.165, 1.54) is 0 Å². The molecule has 0 fully saturated rings. The molecule has 1 heterocycles. The number of benzene rings is 1. The molecule has 1 atom stereocenters. The van der Waals surface area contributed by atoms with Crippen LogP contribution >= 0.6 is 11.6 Å². The zero-order chi connectivity index (χ0) is 13.8. The lowest BCUT2D eigenvalue weighted by atomic mass is 10.3. The number of carbonyl (C=O) groups is 1. The summed E-state index contributed by atoms with van der Waals surface area (Å²) in [7, 11) is 0. The molecule has 0 aliphatic heterocycles. The molecule has 0 saturated carbocycles. The molecule has 2 aromatic rings. The number of nitrogens with one attached hydrogen (secondary N) is 1. The highest BCUT2D eigenvalue weighted by atomic mass is 35.5. The van der Waals surface area contributed by atoms with Crippen LogP contribution in [0, 0.1) is 6.92 Å². The second-order valence-corrected chi connectivity index (χ2v) is 4.46. The van der Waals surface area contributed by atoms with Crippen LogP contribution in [0.4, 0.5) is 5.82 Å². The molecule has 0 aliphatic rings. The van der Waals surface area contributed by atoms with E-state index in [0.29, 0.717) is 22.4 Å². The number of amides is 1. The van der Waals surface area contributed by atoms with E-state index in [4.69, 9.17) is 20.9 Å². The fourth-order valence-corrected chi connectivity index (χ4v) is 1.55. The van der Waals surface area contributed by atoms with Gasteiger partial charge in [-0.05, 0) is 38.1 Å². The van der Waals surface area contributed by atoms with Crippen molar-refractivity contribution in [3.8, 4) is 5.75 Å². The molecule has 0 saturated heterocycles. The number of nitrogens with zero attached hydrogens (tertiary/aromatic N) is 1. The summed E-state index contributed by atoms with van der Waals surface area (Å²) in [5.41, 5.74) is 0. The van der Waals surface area contributed by atoms with Crippen molar-refractivity contribution in [2.75, 3.05) is 5.32 Å². The molecule has 100 valence electrons. The Morgan fingerprint density at radius 2 is 2.11 bits per heavy atom. The molecule has 5 nitrogen and oxygen atoms in total. The van der Waals surface area contributed by atoms with Crippen LogP contribution in [-0.2, 0) is 4.79 Å². The van der Waals surface area contributed by atoms with Crippen molar-refractivity contribution in [2.45, 2.75) is 20.0 Å². The summed E-state index contributed by atoms with van der Waals surface area (Å²) < 4.78 is 10.3. The molecule has 0 unspecified atom stereocenters. The first-order valence-corrected chi connectivity index (χ1v) is 6.09. The number of ether oxygens (including phenoxy) is 1. The van der Waals surface area contributed by atoms with E-state index in [0.717, 1.165) is 0 Å². The Labute approximate surface area is 115 Å². The lowest BCUT2D eigenvalue weighted by Gasteiger charge is -2.13. The standard InChI is InChI=1S/C13H13ClN2O3/c1-8-7-12(16-19-8)15-13(17)9(2)18-11-5-3-10(14)4-6-11/h3-7,9H,1-2H3,(H,15,16,17)/t9-/m0/s1. The summed E-state index contributed by atoms with van der Waals surface area (Å²) in [6, 6.07) is 8.43. The number of hydrogen-bond donors (Lipinski definition) is 1. The zero-order valence-corrected chi connectivity index (χ0v) is 11.3. The maximum Gasteiger partial charge on any atom is 0.266 e. The van der Waals surface area contributed by atoms with Gasteiger partial charge in [-0.1, -0.05) is 16.8 Å². The quantitative estimate of drug-likeness (QED) is 0.935. The number of aryl methyl sites for hydroxylation is 1. The monoisotopic (exact) mass is 280 g/mol. The van der Waals surface area contributed by atoms with Gasteiger partial charge in [0.1, 0.15) is 11.5 Å². The predicted molar refractivity (Wildman–Crippen MR) is 71.4 cm³/mol. The number of aromatic nitrogens is 1. The van der Waals surface area contributed by atoms with Crippen LogP contribution in [0.5, 0.6) is 5.75 Å². The Hall–Kier alpha value is -2.01. The molecule has 1 aromatic heterocycles. The van der Waals surface area contributed by atoms with Crippen LogP contribution in [-0.4, -0.2) is 17.2 Å². The van der Waals surface area contributed by atoms with Crippen molar-refractivity contribution < 1.29 is 14.1 Å². The van der Waals surface area contributed by atoms with Crippen molar-refractivity contribution in [3.05, 3.63) is 41.1 Å². The summed E-state index contributed by atoms with van der Waals surface area (Å²) in [6.07, 6.45) is -0.654. The Balaban J connectivity index is 1.94. The van der Waals surface area contributed by atoms with Gasteiger partial charge >= 0.3 is 0 Å². The molecule has 0 spiro atoms. The smallest absolute Gasteiger partial charge is 0.266 e. The van der Waals surface area contributed by atoms with Crippen LogP contribution in [0.25, 0.3) is 0 Å². The van der Waals surface area contributed by atoms with E-state index in [1.54, 1.807) is 44.2 Å². The normalized spacial score (nSPS) is 11.9. The van der Waals surface area contributed by atoms with Crippen LogP contribution in [0.2, 0.25) is 5.02 Å². The van der Waals surface area contributed by atoms with E-state index in [-0.39, 0.29) is 5.91 Å². The summed E-state index contributed by atoms with van der Waals surface area (Å²) in [5, 5.41) is 6.89. The third kappa shape index (κ3) is 3.72. The zero-order valence-electron chi connectivity index (χ0n) is 10.5. The largest absolute Gasteiger partial charge is 0.481 e. The van der Waals surface area contributed by atoms with Gasteiger partial charge in [0.2, 0.25) is 0 Å². The molecular weight excluding hydrogens is 268 g/mol. The van der Waals surface area contributed by atoms with E-state index in [9.17, 15) is 4.79 Å². The average molecular weight is 281 g/mol. The minimum atomic E-state index is -0.654. The van der Waals surface area contributed by atoms with E-state index < -0.39 is 6.10 Å². The first kappa shape index (κ1) is 13.4. The van der Waals surface area contributed by atoms with Crippen LogP contribution in [0.15, 0.2) is 34.9 Å². The van der Waals surface area contributed by atoms with Gasteiger partial charge in [0.15, 0.2) is 11.9 Å². The van der Waals surface area contributed by atoms with Gasteiger partial charge in [-0.2, -0.15) is 0 Å². The first-order chi connectivity index (χ1) is 9.04. The molecule has 1 N–H and O–H groups in total. The second kappa shape index (κ2) is 5.75. The number of anilines is 1. The van der Waals surface area contributed by atoms with Gasteiger partial charge in [0, 0.05) is 11.1 Å². The lowest BCUT2D eigenvalue weighted by Crippen LogP contribution is -2.30. The summed E-state index contributed by atoms with van der Waals surface area (Å²) in [6.45, 7) is 3.40. The van der Waals surface area contributed by atoms with Crippen LogP contribution < -0.4 is 10.1 Å². The summed E-state index contributed by atoms with van der Waals surface area (Å²) in [5.74, 6) is 1.27. The molecular formula is C13H13ClN2O3. The van der Waals surface area contributed by atoms with Gasteiger partial charge < -0.3 is 14.6 Å². The molecule has 2 rings (SSSR count). The summed E-state index contributed by atoms with van der Waals surface area (Å²) in [4.78, 5) is 11.8. The Morgan fingerprint density at radius 1 is 1.42 bits per heavy atom. The fraction of sp³-hybridized carbons (Fsp3) is 0.231. The maximum absolute atomic E-state index is 11.8. The molecule has 0 aliphatic carbocycles. The molecule has 6 heteroatoms. The minimum absolute atomic E-state index is 0.303. The minimum Gasteiger partial charge on any atom is -0.481 e. The molecule has 19 heavy (non-hydrogen) atoms. The molecule has 0 bridgehead atoms. The van der Waals surface area contributed by atoms with Gasteiger partial charge in [-0.3, -0.25) is 4.79 Å². The molecule has 1 aromatic carbocycles. The van der Waals surface area contributed by atoms with Crippen LogP contribution in [0.1, 0.15) is 12.7 Å². The highest BCUT2D eigenvalue weighted by Gasteiger charge is 2.16. The number of carbonyl (C=O) groups excluding carboxylic acids is 1. The van der Waals surface area contributed by atoms with Crippen molar-refractivity contribution >= 4 is 23.3 Å². The fourth-order valence-electron chi connectivity index (χ4n) is 1.42. The highest BCUT2D eigenvalue weighted by molar-refractivity contribution is 6.30. The van der Waals surface area contributed by atoms with Crippen molar-refractivity contribution in [1.29, 1.82) is 0 Å². The van der Waals surface area contributed by atoms with Gasteiger partial charge in [-0.25, -0.2) is 0 Å². The SMILES string of the molecule is Cc1cc(NC(=O)[C@H](C)Oc2ccc(Cl)cc2)no1. The van der Waals surface area contributed by atoms with E-state index >= 15 is 0 Å². The Morgan fingerprint density at radius 3 is 2.68 bits per heavy atom. The summed E-state index contributed by atoms with van der Waals surface area (Å²) >= 11 is 5.77. The number of rotatable bonds is 4. The van der Waals surface area contributed by atoms with Gasteiger partial charge in [0.05, 0.1) is 0 Å². The third-order valence-electron chi connectivity index (χ3n) is 2.37. The average Bonchev–Trinajstić information content (AvgIpc) is 2.77. The molecule has 0 radical (unpaired) electrons. The van der Waals surface area contributed by atoms with Crippen molar-refractivity contribution in [3.63, 3.8) is 0 Å². The highest BCUT2D eigenvalue weighted by Crippen LogP contribution is 2.17. The van der Waals surface area contributed by atoms with Gasteiger partial charge in [0.25, 0.3) is 5.91 Å². The number of halogens is 1. The Kier molecular flexibility index (Phi) is 4.06. The predicted octanol–water partition coefficient (Wildman–Crippen LogP) is 3.04. The maximum atomic E-state index is 11.8. The molecule has 1 amide bonds. The van der Waals surface area contributed by atoms with Crippen LogP contribution in [0.3, 0.4) is 0 Å². The van der Waals surface area contributed by atoms with Crippen molar-refractivity contribution in [1.82, 2.24) is 5.16 Å². The topological polar surface area (TPSA) is 64.4 Å². The van der Waals surface area contributed by atoms with Gasteiger partial charge in [-0.15, -0.1) is 0 Å². The van der Waals surface area contributed by atoms with E-state index in [2.05, 4.69) is 10.5 Å². The van der Waals surface area contributed by atoms with E-state index in [1.807, 2.05) is 0 Å². The Bertz CT molecular complexity index is 566. The lowest BCUT2D eigenvalue weighted by molar-refractivity contribution is -0.122. The second-order valence-electron chi connectivity index (χ2n) is 4.03. The van der Waals surface area contributed by atoms with Crippen molar-refractivity contribution in [2.24, 2.45) is 0 Å². The third-order valence-corrected chi connectivity index (χ3v) is 2.63. The first-order valence-electron chi connectivity index (χ1n) is 5.71.